The van der Waals surface area contributed by atoms with Crippen LogP contribution in [0.5, 0.6) is 0 Å². The molecular weight excluding hydrogens is 234 g/mol. The smallest absolute Gasteiger partial charge is 0.270 e. The summed E-state index contributed by atoms with van der Waals surface area (Å²) in [4.78, 5) is 25.3. The standard InChI is InChI=1S/C12H19N3O3/c1-14-11(17)3-2-10(13-14)12(18)15-6-4-9(8-16)5-7-15/h9,16H,2-8H2,1H3. The molecule has 0 unspecified atom stereocenters. The number of carbonyl (C=O) groups excluding carboxylic acids is 2. The van der Waals surface area contributed by atoms with Crippen LogP contribution < -0.4 is 0 Å². The van der Waals surface area contributed by atoms with Gasteiger partial charge in [-0.25, -0.2) is 5.01 Å². The zero-order chi connectivity index (χ0) is 13.1. The third-order valence-corrected chi connectivity index (χ3v) is 3.61. The summed E-state index contributed by atoms with van der Waals surface area (Å²) in [6.45, 7) is 1.53. The Morgan fingerprint density at radius 1 is 1.39 bits per heavy atom. The maximum atomic E-state index is 12.2. The predicted octanol–water partition coefficient (Wildman–Crippen LogP) is -0.175. The minimum absolute atomic E-state index is 0.0504. The maximum absolute atomic E-state index is 12.2. The number of amides is 2. The van der Waals surface area contributed by atoms with Gasteiger partial charge in [-0.05, 0) is 18.8 Å². The zero-order valence-electron chi connectivity index (χ0n) is 10.6. The Hall–Kier alpha value is -1.43. The van der Waals surface area contributed by atoms with Crippen LogP contribution in [0.3, 0.4) is 0 Å². The van der Waals surface area contributed by atoms with Gasteiger partial charge in [0, 0.05) is 39.6 Å². The zero-order valence-corrected chi connectivity index (χ0v) is 10.6. The van der Waals surface area contributed by atoms with Gasteiger partial charge in [0.15, 0.2) is 0 Å². The molecule has 0 aromatic heterocycles. The molecule has 2 heterocycles. The highest BCUT2D eigenvalue weighted by molar-refractivity contribution is 6.39. The molecule has 0 bridgehead atoms. The highest BCUT2D eigenvalue weighted by Gasteiger charge is 2.28. The number of hydrogen-bond acceptors (Lipinski definition) is 4. The van der Waals surface area contributed by atoms with E-state index in [9.17, 15) is 9.59 Å². The molecule has 18 heavy (non-hydrogen) atoms. The number of hydrogen-bond donors (Lipinski definition) is 1. The summed E-state index contributed by atoms with van der Waals surface area (Å²) in [6, 6.07) is 0. The van der Waals surface area contributed by atoms with Crippen molar-refractivity contribution in [3.05, 3.63) is 0 Å². The van der Waals surface area contributed by atoms with Gasteiger partial charge in [-0.2, -0.15) is 5.10 Å². The van der Waals surface area contributed by atoms with Crippen molar-refractivity contribution in [2.75, 3.05) is 26.7 Å². The quantitative estimate of drug-likeness (QED) is 0.742. The molecule has 1 fully saturated rings. The summed E-state index contributed by atoms with van der Waals surface area (Å²) in [5.41, 5.74) is 0.472. The van der Waals surface area contributed by atoms with Gasteiger partial charge in [-0.3, -0.25) is 9.59 Å². The van der Waals surface area contributed by atoms with E-state index in [1.165, 1.54) is 5.01 Å². The second-order valence-corrected chi connectivity index (χ2v) is 4.88. The van der Waals surface area contributed by atoms with Crippen LogP contribution in [0.4, 0.5) is 0 Å². The van der Waals surface area contributed by atoms with Crippen molar-refractivity contribution in [2.45, 2.75) is 25.7 Å². The summed E-state index contributed by atoms with van der Waals surface area (Å²) in [7, 11) is 1.58. The molecule has 0 spiro atoms. The van der Waals surface area contributed by atoms with E-state index in [1.807, 2.05) is 0 Å². The summed E-state index contributed by atoms with van der Waals surface area (Å²) < 4.78 is 0. The number of rotatable bonds is 2. The van der Waals surface area contributed by atoms with Crippen molar-refractivity contribution in [1.29, 1.82) is 0 Å². The first-order chi connectivity index (χ1) is 8.61. The lowest BCUT2D eigenvalue weighted by Crippen LogP contribution is -2.44. The van der Waals surface area contributed by atoms with Crippen LogP contribution in [0.1, 0.15) is 25.7 Å². The van der Waals surface area contributed by atoms with E-state index >= 15 is 0 Å². The second-order valence-electron chi connectivity index (χ2n) is 4.88. The molecule has 1 saturated heterocycles. The molecule has 0 aliphatic carbocycles. The van der Waals surface area contributed by atoms with Crippen LogP contribution in [-0.2, 0) is 9.59 Å². The monoisotopic (exact) mass is 253 g/mol. The van der Waals surface area contributed by atoms with E-state index in [2.05, 4.69) is 5.10 Å². The van der Waals surface area contributed by atoms with Gasteiger partial charge in [0.25, 0.3) is 5.91 Å². The second kappa shape index (κ2) is 5.48. The molecule has 0 aromatic rings. The lowest BCUT2D eigenvalue weighted by Gasteiger charge is -2.32. The van der Waals surface area contributed by atoms with Gasteiger partial charge in [-0.1, -0.05) is 0 Å². The summed E-state index contributed by atoms with van der Waals surface area (Å²) in [5, 5.41) is 14.3. The Morgan fingerprint density at radius 2 is 2.06 bits per heavy atom. The number of nitrogens with zero attached hydrogens (tertiary/aromatic N) is 3. The van der Waals surface area contributed by atoms with Gasteiger partial charge in [0.2, 0.25) is 5.91 Å². The molecule has 0 aromatic carbocycles. The van der Waals surface area contributed by atoms with Crippen molar-refractivity contribution in [3.8, 4) is 0 Å². The van der Waals surface area contributed by atoms with Crippen LogP contribution in [0, 0.1) is 5.92 Å². The van der Waals surface area contributed by atoms with E-state index in [-0.39, 0.29) is 18.4 Å². The fourth-order valence-electron chi connectivity index (χ4n) is 2.32. The van der Waals surface area contributed by atoms with Gasteiger partial charge in [0.1, 0.15) is 5.71 Å². The largest absolute Gasteiger partial charge is 0.396 e. The minimum atomic E-state index is -0.0641. The van der Waals surface area contributed by atoms with Gasteiger partial charge in [-0.15, -0.1) is 0 Å². The molecule has 6 nitrogen and oxygen atoms in total. The molecule has 2 rings (SSSR count). The average Bonchev–Trinajstić information content (AvgIpc) is 2.41. The van der Waals surface area contributed by atoms with E-state index < -0.39 is 0 Å². The number of aliphatic hydroxyl groups excluding tert-OH is 1. The maximum Gasteiger partial charge on any atom is 0.270 e. The summed E-state index contributed by atoms with van der Waals surface area (Å²) >= 11 is 0. The lowest BCUT2D eigenvalue weighted by atomic mass is 9.97. The van der Waals surface area contributed by atoms with Crippen LogP contribution >= 0.6 is 0 Å². The SMILES string of the molecule is CN1N=C(C(=O)N2CCC(CO)CC2)CCC1=O. The number of hydrazone groups is 1. The Labute approximate surface area is 106 Å². The third kappa shape index (κ3) is 2.69. The van der Waals surface area contributed by atoms with Crippen LogP contribution in [-0.4, -0.2) is 59.3 Å². The van der Waals surface area contributed by atoms with Crippen LogP contribution in [0.2, 0.25) is 0 Å². The molecular formula is C12H19N3O3. The fraction of sp³-hybridized carbons (Fsp3) is 0.750. The molecule has 6 heteroatoms. The first-order valence-electron chi connectivity index (χ1n) is 6.36. The van der Waals surface area contributed by atoms with E-state index in [1.54, 1.807) is 11.9 Å². The molecule has 2 aliphatic rings. The summed E-state index contributed by atoms with van der Waals surface area (Å²) in [6.07, 6.45) is 2.46. The minimum Gasteiger partial charge on any atom is -0.396 e. The van der Waals surface area contributed by atoms with E-state index in [0.29, 0.717) is 37.6 Å². The normalized spacial score (nSPS) is 22.1. The van der Waals surface area contributed by atoms with Crippen molar-refractivity contribution in [1.82, 2.24) is 9.91 Å². The van der Waals surface area contributed by atoms with Gasteiger partial charge in [0.05, 0.1) is 0 Å². The first kappa shape index (κ1) is 13.0. The Morgan fingerprint density at radius 3 is 2.61 bits per heavy atom. The molecule has 2 aliphatic heterocycles. The molecule has 100 valence electrons. The van der Waals surface area contributed by atoms with Crippen LogP contribution in [0.15, 0.2) is 5.10 Å². The topological polar surface area (TPSA) is 73.2 Å². The average molecular weight is 253 g/mol. The first-order valence-corrected chi connectivity index (χ1v) is 6.36. The highest BCUT2D eigenvalue weighted by Crippen LogP contribution is 2.18. The molecule has 0 saturated carbocycles. The highest BCUT2D eigenvalue weighted by atomic mass is 16.3. The van der Waals surface area contributed by atoms with Gasteiger partial charge < -0.3 is 10.0 Å². The van der Waals surface area contributed by atoms with Crippen molar-refractivity contribution in [3.63, 3.8) is 0 Å². The van der Waals surface area contributed by atoms with Crippen LogP contribution in [0.25, 0.3) is 0 Å². The Kier molecular flexibility index (Phi) is 3.96. The molecule has 1 N–H and O–H groups in total. The molecule has 2 amide bonds. The molecule has 0 radical (unpaired) electrons. The summed E-state index contributed by atoms with van der Waals surface area (Å²) in [5.74, 6) is 0.197. The predicted molar refractivity (Wildman–Crippen MR) is 65.8 cm³/mol. The number of likely N-dealkylation sites (tertiary alicyclic amines) is 1. The third-order valence-electron chi connectivity index (χ3n) is 3.61. The fourth-order valence-corrected chi connectivity index (χ4v) is 2.32. The number of piperidine rings is 1. The molecule has 0 atom stereocenters. The van der Waals surface area contributed by atoms with Crippen molar-refractivity contribution < 1.29 is 14.7 Å². The van der Waals surface area contributed by atoms with Gasteiger partial charge >= 0.3 is 0 Å². The Balaban J connectivity index is 1.96. The van der Waals surface area contributed by atoms with E-state index in [0.717, 1.165) is 12.8 Å². The van der Waals surface area contributed by atoms with E-state index in [4.69, 9.17) is 5.11 Å². The number of carbonyl (C=O) groups is 2. The van der Waals surface area contributed by atoms with Crippen molar-refractivity contribution >= 4 is 17.5 Å². The van der Waals surface area contributed by atoms with Crippen molar-refractivity contribution in [2.24, 2.45) is 11.0 Å². The Bertz CT molecular complexity index is 373. The lowest BCUT2D eigenvalue weighted by molar-refractivity contribution is -0.131. The number of aliphatic hydroxyl groups is 1.